The second-order valence-corrected chi connectivity index (χ2v) is 15.5. The molecular weight excluding hydrogens is 722 g/mol. The molecule has 0 bridgehead atoms. The lowest BCUT2D eigenvalue weighted by Gasteiger charge is -2.48. The number of methoxy groups -OCH3 is 1. The van der Waals surface area contributed by atoms with Crippen molar-refractivity contribution in [2.75, 3.05) is 21.2 Å². The number of nitrogens with zero attached hydrogens (tertiary/aromatic N) is 2. The number of aliphatic hydroxyl groups excluding tert-OH is 1. The van der Waals surface area contributed by atoms with E-state index in [2.05, 4.69) is 5.32 Å². The number of aliphatic hydroxyl groups is 1. The Labute approximate surface area is 321 Å². The standard InChI is InChI=1S/C38H57N3O14/c1-11-27-32-31(53-37(46)54-32)22(5)34(44)39-19(2)18-38(7,49-10)33(55-36-29(43)26(40(8)9)16-20(3)50-36)21(4)30(23(6)35(45)51-27)52-28(42)17-24-12-14-25(15-13-24)41(47)48/h12-15,19-23,26-27,29-33,36,43H,11,16-18H2,1-10H3,(H,39,44)/t19-,20-,21+,22-,23-,26-,27-,29-,30+,31-,32-,33-,36+,38-/m1/s1. The summed E-state index contributed by atoms with van der Waals surface area (Å²) in [5.41, 5.74) is -0.991. The summed E-state index contributed by atoms with van der Waals surface area (Å²) in [5, 5.41) is 25.7. The number of carbonyl (C=O) groups is 4. The maximum atomic E-state index is 14.1. The number of amides is 1. The molecule has 0 radical (unpaired) electrons. The first-order chi connectivity index (χ1) is 25.8. The van der Waals surface area contributed by atoms with Gasteiger partial charge in [0.1, 0.15) is 18.3 Å². The molecule has 3 heterocycles. The molecule has 2 N–H and O–H groups in total. The van der Waals surface area contributed by atoms with E-state index < -0.39 is 101 Å². The molecule has 0 saturated carbocycles. The molecule has 1 aromatic rings. The molecule has 0 aromatic heterocycles. The van der Waals surface area contributed by atoms with Crippen molar-refractivity contribution in [2.45, 2.75) is 141 Å². The minimum absolute atomic E-state index is 0.136. The monoisotopic (exact) mass is 779 g/mol. The average molecular weight is 780 g/mol. The summed E-state index contributed by atoms with van der Waals surface area (Å²) in [5.74, 6) is -4.90. The minimum Gasteiger partial charge on any atom is -0.461 e. The number of hydrogen-bond donors (Lipinski definition) is 2. The molecule has 3 saturated heterocycles. The van der Waals surface area contributed by atoms with E-state index in [0.29, 0.717) is 12.0 Å². The van der Waals surface area contributed by atoms with Crippen LogP contribution in [-0.2, 0) is 54.0 Å². The van der Waals surface area contributed by atoms with Gasteiger partial charge >= 0.3 is 18.1 Å². The SMILES string of the molecule is CC[C@H]1OC(=O)[C@H](C)[C@@H](OC(=O)Cc2ccc([N+](=O)[O-])cc2)[C@H](C)[C@@H](O[C@@H]2O[C@H](C)C[C@@H](N(C)C)[C@H]2O)[C@](C)(OC)C[C@@H](C)NC(=O)[C@H](C)[C@H]2OC(=O)O[C@@H]21. The zero-order chi connectivity index (χ0) is 40.9. The fourth-order valence-electron chi connectivity index (χ4n) is 7.89. The van der Waals surface area contributed by atoms with Crippen molar-refractivity contribution in [2.24, 2.45) is 17.8 Å². The highest BCUT2D eigenvalue weighted by Gasteiger charge is 2.52. The number of nitro groups is 1. The summed E-state index contributed by atoms with van der Waals surface area (Å²) < 4.78 is 42.1. The van der Waals surface area contributed by atoms with Crippen LogP contribution in [0.15, 0.2) is 24.3 Å². The van der Waals surface area contributed by atoms with Crippen LogP contribution in [0.25, 0.3) is 0 Å². The largest absolute Gasteiger partial charge is 0.509 e. The van der Waals surface area contributed by atoms with Gasteiger partial charge in [-0.2, -0.15) is 0 Å². The highest BCUT2D eigenvalue weighted by Crippen LogP contribution is 2.38. The normalized spacial score (nSPS) is 37.7. The van der Waals surface area contributed by atoms with Crippen LogP contribution in [0, 0.1) is 27.9 Å². The van der Waals surface area contributed by atoms with Gasteiger partial charge in [-0.1, -0.05) is 26.0 Å². The topological polar surface area (TPSA) is 212 Å². The third kappa shape index (κ3) is 10.3. The van der Waals surface area contributed by atoms with Crippen LogP contribution in [0.4, 0.5) is 10.5 Å². The number of likely N-dealkylation sites (N-methyl/N-ethyl adjacent to an activating group) is 1. The van der Waals surface area contributed by atoms with Gasteiger partial charge in [-0.05, 0) is 73.5 Å². The molecule has 1 amide bonds. The van der Waals surface area contributed by atoms with Gasteiger partial charge in [0, 0.05) is 37.2 Å². The van der Waals surface area contributed by atoms with Crippen molar-refractivity contribution >= 4 is 29.7 Å². The Bertz CT molecular complexity index is 1530. The molecule has 1 aromatic carbocycles. The highest BCUT2D eigenvalue weighted by molar-refractivity contribution is 5.80. The van der Waals surface area contributed by atoms with Crippen LogP contribution in [0.2, 0.25) is 0 Å². The van der Waals surface area contributed by atoms with Gasteiger partial charge in [-0.3, -0.25) is 24.5 Å². The summed E-state index contributed by atoms with van der Waals surface area (Å²) in [6.45, 7) is 12.0. The first kappa shape index (κ1) is 43.8. The van der Waals surface area contributed by atoms with Crippen LogP contribution >= 0.6 is 0 Å². The molecule has 0 spiro atoms. The lowest BCUT2D eigenvalue weighted by Crippen LogP contribution is -2.60. The maximum absolute atomic E-state index is 14.1. The molecule has 0 unspecified atom stereocenters. The summed E-state index contributed by atoms with van der Waals surface area (Å²) in [6.07, 6.45) is -8.50. The van der Waals surface area contributed by atoms with Crippen LogP contribution < -0.4 is 5.32 Å². The number of carbonyl (C=O) groups excluding carboxylic acids is 4. The number of ether oxygens (including phenoxy) is 7. The average Bonchev–Trinajstić information content (AvgIpc) is 3.52. The first-order valence-electron chi connectivity index (χ1n) is 18.8. The molecule has 3 aliphatic heterocycles. The third-order valence-corrected chi connectivity index (χ3v) is 11.1. The van der Waals surface area contributed by atoms with Crippen molar-refractivity contribution in [3.63, 3.8) is 0 Å². The molecule has 55 heavy (non-hydrogen) atoms. The van der Waals surface area contributed by atoms with Gasteiger partial charge in [0.05, 0.1) is 41.0 Å². The Morgan fingerprint density at radius 1 is 1.04 bits per heavy atom. The second kappa shape index (κ2) is 18.4. The summed E-state index contributed by atoms with van der Waals surface area (Å²) >= 11 is 0. The third-order valence-electron chi connectivity index (χ3n) is 11.1. The molecule has 0 aliphatic carbocycles. The van der Waals surface area contributed by atoms with E-state index in [1.807, 2.05) is 25.9 Å². The molecule has 17 nitrogen and oxygen atoms in total. The highest BCUT2D eigenvalue weighted by atomic mass is 16.8. The molecule has 4 rings (SSSR count). The lowest BCUT2D eigenvalue weighted by atomic mass is 9.78. The predicted octanol–water partition coefficient (Wildman–Crippen LogP) is 3.31. The van der Waals surface area contributed by atoms with E-state index in [1.165, 1.54) is 38.3 Å². The Morgan fingerprint density at radius 3 is 2.25 bits per heavy atom. The number of esters is 2. The van der Waals surface area contributed by atoms with Gasteiger partial charge in [-0.15, -0.1) is 0 Å². The van der Waals surface area contributed by atoms with E-state index in [-0.39, 0.29) is 37.1 Å². The Morgan fingerprint density at radius 2 is 1.67 bits per heavy atom. The number of rotatable bonds is 9. The van der Waals surface area contributed by atoms with Crippen molar-refractivity contribution in [3.05, 3.63) is 39.9 Å². The van der Waals surface area contributed by atoms with Gasteiger partial charge in [0.15, 0.2) is 18.5 Å². The number of nitro benzene ring substituents is 1. The fraction of sp³-hybridized carbons (Fsp3) is 0.737. The van der Waals surface area contributed by atoms with Crippen LogP contribution in [0.1, 0.15) is 73.3 Å². The Kier molecular flexibility index (Phi) is 14.6. The molecule has 3 aliphatic rings. The lowest BCUT2D eigenvalue weighted by molar-refractivity contribution is -0.384. The first-order valence-corrected chi connectivity index (χ1v) is 18.8. The van der Waals surface area contributed by atoms with Gasteiger partial charge in [0.2, 0.25) is 5.91 Å². The molecule has 308 valence electrons. The number of benzene rings is 1. The number of hydrogen-bond acceptors (Lipinski definition) is 15. The van der Waals surface area contributed by atoms with Crippen LogP contribution in [0.3, 0.4) is 0 Å². The van der Waals surface area contributed by atoms with Gasteiger partial charge in [0.25, 0.3) is 5.69 Å². The number of cyclic esters (lactones) is 1. The summed E-state index contributed by atoms with van der Waals surface area (Å²) in [4.78, 5) is 66.5. The molecular formula is C38H57N3O14. The van der Waals surface area contributed by atoms with Crippen molar-refractivity contribution < 1.29 is 62.4 Å². The smallest absolute Gasteiger partial charge is 0.461 e. The summed E-state index contributed by atoms with van der Waals surface area (Å²) in [6, 6.07) is 4.55. The quantitative estimate of drug-likeness (QED) is 0.159. The zero-order valence-corrected chi connectivity index (χ0v) is 33.3. The molecule has 17 heteroatoms. The van der Waals surface area contributed by atoms with Crippen molar-refractivity contribution in [3.8, 4) is 0 Å². The predicted molar refractivity (Wildman–Crippen MR) is 194 cm³/mol. The summed E-state index contributed by atoms with van der Waals surface area (Å²) in [7, 11) is 5.16. The zero-order valence-electron chi connectivity index (χ0n) is 33.3. The van der Waals surface area contributed by atoms with Crippen molar-refractivity contribution in [1.82, 2.24) is 10.2 Å². The number of nitrogens with one attached hydrogen (secondary N) is 1. The Hall–Kier alpha value is -3.90. The van der Waals surface area contributed by atoms with Crippen LogP contribution in [0.5, 0.6) is 0 Å². The van der Waals surface area contributed by atoms with Gasteiger partial charge < -0.3 is 48.5 Å². The minimum atomic E-state index is -1.28. The molecule has 14 atom stereocenters. The van der Waals surface area contributed by atoms with E-state index >= 15 is 0 Å². The van der Waals surface area contributed by atoms with Gasteiger partial charge in [-0.25, -0.2) is 4.79 Å². The van der Waals surface area contributed by atoms with Crippen molar-refractivity contribution in [1.29, 1.82) is 0 Å². The van der Waals surface area contributed by atoms with E-state index in [4.69, 9.17) is 33.2 Å². The number of fused-ring (bicyclic) bond motifs is 1. The fourth-order valence-corrected chi connectivity index (χ4v) is 7.89. The van der Waals surface area contributed by atoms with E-state index in [1.54, 1.807) is 34.6 Å². The number of non-ortho nitro benzene ring substituents is 1. The van der Waals surface area contributed by atoms with Crippen LogP contribution in [-0.4, -0.2) is 127 Å². The van der Waals surface area contributed by atoms with E-state index in [0.717, 1.165) is 0 Å². The maximum Gasteiger partial charge on any atom is 0.509 e. The van der Waals surface area contributed by atoms with E-state index in [9.17, 15) is 34.4 Å². The second-order valence-electron chi connectivity index (χ2n) is 15.5. The molecule has 3 fully saturated rings. The Balaban J connectivity index is 1.80.